The van der Waals surface area contributed by atoms with Crippen LogP contribution in [0.3, 0.4) is 0 Å². The molecule has 0 spiro atoms. The lowest BCUT2D eigenvalue weighted by Crippen LogP contribution is -2.46. The van der Waals surface area contributed by atoms with Crippen molar-refractivity contribution in [2.75, 3.05) is 36.0 Å². The largest absolute Gasteiger partial charge is 0.367 e. The van der Waals surface area contributed by atoms with E-state index in [9.17, 15) is 4.79 Å². The third-order valence-electron chi connectivity index (χ3n) is 3.42. The number of nitrogens with zero attached hydrogens (tertiary/aromatic N) is 3. The Kier molecular flexibility index (Phi) is 4.03. The monoisotopic (exact) mass is 351 g/mol. The van der Waals surface area contributed by atoms with E-state index in [0.29, 0.717) is 5.56 Å². The second-order valence-electron chi connectivity index (χ2n) is 4.62. The highest BCUT2D eigenvalue weighted by Crippen LogP contribution is 2.29. The molecule has 3 rings (SSSR count). The molecule has 0 saturated carbocycles. The number of hydrogen-bond donors (Lipinski definition) is 0. The number of halogens is 1. The summed E-state index contributed by atoms with van der Waals surface area (Å²) in [6.07, 6.45) is 2.72. The number of thiazole rings is 1. The van der Waals surface area contributed by atoms with Crippen LogP contribution in [0.25, 0.3) is 0 Å². The molecule has 0 atom stereocenters. The van der Waals surface area contributed by atoms with Crippen LogP contribution in [0.4, 0.5) is 10.8 Å². The fraction of sp³-hybridized carbons (Fsp3) is 0.286. The molecule has 1 aliphatic heterocycles. The summed E-state index contributed by atoms with van der Waals surface area (Å²) in [5.74, 6) is 0. The standard InChI is InChI=1S/C14H14BrN3OS/c15-12-9-11(10-19)1-2-13(12)17-4-6-18(7-5-17)14-16-3-8-20-14/h1-3,8-10H,4-7H2. The van der Waals surface area contributed by atoms with E-state index in [1.165, 1.54) is 0 Å². The van der Waals surface area contributed by atoms with Crippen LogP contribution < -0.4 is 9.80 Å². The minimum Gasteiger partial charge on any atom is -0.367 e. The Morgan fingerprint density at radius 1 is 1.20 bits per heavy atom. The number of rotatable bonds is 3. The van der Waals surface area contributed by atoms with Gasteiger partial charge < -0.3 is 9.80 Å². The molecule has 1 aromatic carbocycles. The van der Waals surface area contributed by atoms with Crippen molar-refractivity contribution in [1.82, 2.24) is 4.98 Å². The van der Waals surface area contributed by atoms with Gasteiger partial charge in [-0.05, 0) is 34.1 Å². The summed E-state index contributed by atoms with van der Waals surface area (Å²) in [6, 6.07) is 5.74. The maximum atomic E-state index is 10.8. The Balaban J connectivity index is 1.70. The fourth-order valence-corrected chi connectivity index (χ4v) is 3.71. The van der Waals surface area contributed by atoms with Crippen molar-refractivity contribution < 1.29 is 4.79 Å². The number of aromatic nitrogens is 1. The molecule has 20 heavy (non-hydrogen) atoms. The van der Waals surface area contributed by atoms with Gasteiger partial charge in [0.05, 0.1) is 5.69 Å². The van der Waals surface area contributed by atoms with E-state index in [1.54, 1.807) is 11.3 Å². The van der Waals surface area contributed by atoms with E-state index in [2.05, 4.69) is 30.7 Å². The summed E-state index contributed by atoms with van der Waals surface area (Å²) in [5.41, 5.74) is 1.84. The van der Waals surface area contributed by atoms with Crippen LogP contribution in [-0.2, 0) is 0 Å². The van der Waals surface area contributed by atoms with E-state index in [0.717, 1.165) is 47.8 Å². The Labute approximate surface area is 130 Å². The molecular weight excluding hydrogens is 338 g/mol. The highest BCUT2D eigenvalue weighted by Gasteiger charge is 2.20. The van der Waals surface area contributed by atoms with E-state index in [-0.39, 0.29) is 0 Å². The molecule has 6 heteroatoms. The second kappa shape index (κ2) is 5.93. The van der Waals surface area contributed by atoms with Crippen molar-refractivity contribution in [3.8, 4) is 0 Å². The topological polar surface area (TPSA) is 36.4 Å². The maximum absolute atomic E-state index is 10.8. The minimum atomic E-state index is 0.696. The molecule has 0 aliphatic carbocycles. The van der Waals surface area contributed by atoms with Crippen molar-refractivity contribution in [3.05, 3.63) is 39.8 Å². The first kappa shape index (κ1) is 13.6. The van der Waals surface area contributed by atoms with Crippen LogP contribution in [0.15, 0.2) is 34.2 Å². The molecular formula is C14H14BrN3OS. The van der Waals surface area contributed by atoms with Crippen LogP contribution in [0.1, 0.15) is 10.4 Å². The van der Waals surface area contributed by atoms with Gasteiger partial charge in [0.25, 0.3) is 0 Å². The number of piperazine rings is 1. The normalized spacial score (nSPS) is 15.4. The van der Waals surface area contributed by atoms with Gasteiger partial charge >= 0.3 is 0 Å². The smallest absolute Gasteiger partial charge is 0.185 e. The summed E-state index contributed by atoms with van der Waals surface area (Å²) in [6.45, 7) is 3.85. The predicted octanol–water partition coefficient (Wildman–Crippen LogP) is 3.04. The number of carbonyl (C=O) groups is 1. The molecule has 0 amide bonds. The van der Waals surface area contributed by atoms with Crippen LogP contribution >= 0.6 is 27.3 Å². The molecule has 4 nitrogen and oxygen atoms in total. The lowest BCUT2D eigenvalue weighted by Gasteiger charge is -2.36. The molecule has 0 unspecified atom stereocenters. The van der Waals surface area contributed by atoms with Crippen molar-refractivity contribution in [2.24, 2.45) is 0 Å². The molecule has 2 heterocycles. The highest BCUT2D eigenvalue weighted by molar-refractivity contribution is 9.10. The van der Waals surface area contributed by atoms with Gasteiger partial charge in [-0.15, -0.1) is 11.3 Å². The zero-order chi connectivity index (χ0) is 13.9. The van der Waals surface area contributed by atoms with Gasteiger partial charge in [0.15, 0.2) is 5.13 Å². The SMILES string of the molecule is O=Cc1ccc(N2CCN(c3nccs3)CC2)c(Br)c1. The van der Waals surface area contributed by atoms with Crippen LogP contribution in [-0.4, -0.2) is 37.4 Å². The summed E-state index contributed by atoms with van der Waals surface area (Å²) in [7, 11) is 0. The average molecular weight is 352 g/mol. The van der Waals surface area contributed by atoms with Gasteiger partial charge in [-0.1, -0.05) is 0 Å². The predicted molar refractivity (Wildman–Crippen MR) is 86.1 cm³/mol. The minimum absolute atomic E-state index is 0.696. The zero-order valence-electron chi connectivity index (χ0n) is 10.8. The zero-order valence-corrected chi connectivity index (χ0v) is 13.2. The van der Waals surface area contributed by atoms with E-state index in [4.69, 9.17) is 0 Å². The van der Waals surface area contributed by atoms with Crippen molar-refractivity contribution in [2.45, 2.75) is 0 Å². The van der Waals surface area contributed by atoms with Crippen LogP contribution in [0.2, 0.25) is 0 Å². The molecule has 0 N–H and O–H groups in total. The van der Waals surface area contributed by atoms with E-state index in [1.807, 2.05) is 29.8 Å². The summed E-state index contributed by atoms with van der Waals surface area (Å²) in [5, 5.41) is 3.11. The van der Waals surface area contributed by atoms with E-state index < -0.39 is 0 Å². The van der Waals surface area contributed by atoms with Gasteiger partial charge in [-0.2, -0.15) is 0 Å². The lowest BCUT2D eigenvalue weighted by molar-refractivity contribution is 0.112. The molecule has 2 aromatic rings. The Morgan fingerprint density at radius 3 is 2.55 bits per heavy atom. The van der Waals surface area contributed by atoms with E-state index >= 15 is 0 Å². The van der Waals surface area contributed by atoms with Gasteiger partial charge in [0.2, 0.25) is 0 Å². The van der Waals surface area contributed by atoms with Crippen LogP contribution in [0, 0.1) is 0 Å². The number of aldehydes is 1. The molecule has 1 fully saturated rings. The Hall–Kier alpha value is -1.40. The number of benzene rings is 1. The van der Waals surface area contributed by atoms with Crippen molar-refractivity contribution >= 4 is 44.4 Å². The van der Waals surface area contributed by atoms with Gasteiger partial charge in [-0.3, -0.25) is 4.79 Å². The Bertz CT molecular complexity index is 594. The third-order valence-corrected chi connectivity index (χ3v) is 4.89. The number of anilines is 2. The first-order valence-corrected chi connectivity index (χ1v) is 8.09. The quantitative estimate of drug-likeness (QED) is 0.796. The maximum Gasteiger partial charge on any atom is 0.185 e. The summed E-state index contributed by atoms with van der Waals surface area (Å²) in [4.78, 5) is 19.8. The van der Waals surface area contributed by atoms with Gasteiger partial charge in [0.1, 0.15) is 6.29 Å². The summed E-state index contributed by atoms with van der Waals surface area (Å²) < 4.78 is 0.977. The fourth-order valence-electron chi connectivity index (χ4n) is 2.36. The molecule has 1 aromatic heterocycles. The highest BCUT2D eigenvalue weighted by atomic mass is 79.9. The third kappa shape index (κ3) is 2.71. The van der Waals surface area contributed by atoms with Crippen LogP contribution in [0.5, 0.6) is 0 Å². The van der Waals surface area contributed by atoms with Gasteiger partial charge in [-0.25, -0.2) is 4.98 Å². The summed E-state index contributed by atoms with van der Waals surface area (Å²) >= 11 is 5.24. The second-order valence-corrected chi connectivity index (χ2v) is 6.34. The van der Waals surface area contributed by atoms with Crippen molar-refractivity contribution in [1.29, 1.82) is 0 Å². The molecule has 104 valence electrons. The average Bonchev–Trinajstić information content (AvgIpc) is 3.01. The first-order valence-electron chi connectivity index (χ1n) is 6.42. The number of carbonyl (C=O) groups excluding carboxylic acids is 1. The molecule has 1 saturated heterocycles. The Morgan fingerprint density at radius 2 is 1.95 bits per heavy atom. The molecule has 0 bridgehead atoms. The van der Waals surface area contributed by atoms with Gasteiger partial charge in [0, 0.05) is 47.8 Å². The van der Waals surface area contributed by atoms with Crippen molar-refractivity contribution in [3.63, 3.8) is 0 Å². The molecule has 1 aliphatic rings. The lowest BCUT2D eigenvalue weighted by atomic mass is 10.2. The number of hydrogen-bond acceptors (Lipinski definition) is 5. The molecule has 0 radical (unpaired) electrons. The first-order chi connectivity index (χ1) is 9.78.